The quantitative estimate of drug-likeness (QED) is 0.576. The molecule has 0 aromatic rings. The molecule has 0 radical (unpaired) electrons. The largest absolute Gasteiger partial charge is 0.464 e. The van der Waals surface area contributed by atoms with E-state index < -0.39 is 0 Å². The Kier molecular flexibility index (Phi) is 4.89. The highest BCUT2D eigenvalue weighted by Gasteiger charge is 2.53. The minimum atomic E-state index is -0.286. The number of allylic oxidation sites excluding steroid dienone is 2. The van der Waals surface area contributed by atoms with Crippen molar-refractivity contribution >= 4 is 14.2 Å². The van der Waals surface area contributed by atoms with Crippen LogP contribution in [0.5, 0.6) is 0 Å². The first-order chi connectivity index (χ1) is 10.3. The normalized spacial score (nSPS) is 29.4. The molecule has 2 aliphatic rings. The summed E-state index contributed by atoms with van der Waals surface area (Å²) in [6, 6.07) is 0. The van der Waals surface area contributed by atoms with Crippen LogP contribution in [0.4, 0.5) is 0 Å². The molecule has 0 aromatic heterocycles. The zero-order valence-corrected chi connectivity index (χ0v) is 16.2. The Morgan fingerprint density at radius 3 is 1.57 bits per heavy atom. The molecule has 0 amide bonds. The molecular formula is C17H32B2O4. The summed E-state index contributed by atoms with van der Waals surface area (Å²) in [7, 11) is -0.406. The second-order valence-electron chi connectivity index (χ2n) is 8.83. The van der Waals surface area contributed by atoms with Gasteiger partial charge in [0.15, 0.2) is 0 Å². The smallest absolute Gasteiger partial charge is 0.403 e. The van der Waals surface area contributed by atoms with Crippen molar-refractivity contribution in [3.8, 4) is 0 Å². The van der Waals surface area contributed by atoms with Crippen LogP contribution in [0.1, 0.15) is 62.3 Å². The standard InChI is InChI=1S/C17H32B2O4/c1-13(19-22-16(6,7)17(8,9)23-19)11-10-12-18-20-14(2,3)15(4,5)21-18/h10-11,13H,12H2,1-9H3/b11-10-. The van der Waals surface area contributed by atoms with E-state index in [9.17, 15) is 0 Å². The molecule has 6 heteroatoms. The van der Waals surface area contributed by atoms with Gasteiger partial charge in [0.05, 0.1) is 22.4 Å². The van der Waals surface area contributed by atoms with Crippen molar-refractivity contribution in [3.63, 3.8) is 0 Å². The van der Waals surface area contributed by atoms with Gasteiger partial charge < -0.3 is 18.6 Å². The van der Waals surface area contributed by atoms with Crippen molar-refractivity contribution in [2.75, 3.05) is 0 Å². The van der Waals surface area contributed by atoms with Gasteiger partial charge in [0.1, 0.15) is 0 Å². The minimum Gasteiger partial charge on any atom is -0.403 e. The fraction of sp³-hybridized carbons (Fsp3) is 0.882. The molecule has 0 saturated carbocycles. The molecule has 2 saturated heterocycles. The summed E-state index contributed by atoms with van der Waals surface area (Å²) in [4.78, 5) is 0. The van der Waals surface area contributed by atoms with E-state index in [1.807, 2.05) is 0 Å². The van der Waals surface area contributed by atoms with Crippen molar-refractivity contribution in [3.05, 3.63) is 12.2 Å². The highest BCUT2D eigenvalue weighted by atomic mass is 16.7. The summed E-state index contributed by atoms with van der Waals surface area (Å²) < 4.78 is 24.2. The summed E-state index contributed by atoms with van der Waals surface area (Å²) in [6.45, 7) is 18.7. The second-order valence-corrected chi connectivity index (χ2v) is 8.83. The van der Waals surface area contributed by atoms with Gasteiger partial charge in [-0.1, -0.05) is 19.1 Å². The van der Waals surface area contributed by atoms with Crippen LogP contribution in [0.15, 0.2) is 12.2 Å². The molecule has 2 rings (SSSR count). The highest BCUT2D eigenvalue weighted by Crippen LogP contribution is 2.40. The third-order valence-electron chi connectivity index (χ3n) is 5.77. The first-order valence-electron chi connectivity index (χ1n) is 8.65. The predicted molar refractivity (Wildman–Crippen MR) is 95.5 cm³/mol. The molecule has 2 fully saturated rings. The zero-order valence-electron chi connectivity index (χ0n) is 16.2. The van der Waals surface area contributed by atoms with Crippen molar-refractivity contribution in [2.45, 2.75) is 96.9 Å². The molecule has 4 nitrogen and oxygen atoms in total. The lowest BCUT2D eigenvalue weighted by atomic mass is 9.72. The van der Waals surface area contributed by atoms with Crippen LogP contribution in [0, 0.1) is 0 Å². The van der Waals surface area contributed by atoms with Gasteiger partial charge in [0.25, 0.3) is 0 Å². The molecule has 130 valence electrons. The molecule has 1 unspecified atom stereocenters. The van der Waals surface area contributed by atoms with Crippen LogP contribution < -0.4 is 0 Å². The summed E-state index contributed by atoms with van der Waals surface area (Å²) >= 11 is 0. The number of hydrogen-bond acceptors (Lipinski definition) is 4. The lowest BCUT2D eigenvalue weighted by molar-refractivity contribution is 0.00578. The molecule has 0 spiro atoms. The van der Waals surface area contributed by atoms with Crippen LogP contribution in [0.25, 0.3) is 0 Å². The topological polar surface area (TPSA) is 36.9 Å². The number of rotatable bonds is 4. The van der Waals surface area contributed by atoms with Gasteiger partial charge in [-0.25, -0.2) is 0 Å². The van der Waals surface area contributed by atoms with Crippen LogP contribution in [-0.2, 0) is 18.6 Å². The van der Waals surface area contributed by atoms with Crippen molar-refractivity contribution < 1.29 is 18.6 Å². The molecule has 1 atom stereocenters. The van der Waals surface area contributed by atoms with Gasteiger partial charge in [-0.15, -0.1) is 0 Å². The Hall–Kier alpha value is -0.290. The maximum absolute atomic E-state index is 6.08. The fourth-order valence-corrected chi connectivity index (χ4v) is 2.66. The van der Waals surface area contributed by atoms with Gasteiger partial charge in [0, 0.05) is 12.1 Å². The Labute approximate surface area is 142 Å². The van der Waals surface area contributed by atoms with E-state index in [0.717, 1.165) is 6.32 Å². The van der Waals surface area contributed by atoms with E-state index in [1.54, 1.807) is 0 Å². The minimum absolute atomic E-state index is 0.179. The Morgan fingerprint density at radius 1 is 0.739 bits per heavy atom. The predicted octanol–water partition coefficient (Wildman–Crippen LogP) is 4.12. The van der Waals surface area contributed by atoms with E-state index >= 15 is 0 Å². The molecule has 0 bridgehead atoms. The van der Waals surface area contributed by atoms with E-state index in [1.165, 1.54) is 0 Å². The molecule has 2 aliphatic heterocycles. The van der Waals surface area contributed by atoms with Gasteiger partial charge in [-0.2, -0.15) is 0 Å². The first kappa shape index (κ1) is 19.0. The molecule has 23 heavy (non-hydrogen) atoms. The number of hydrogen-bond donors (Lipinski definition) is 0. The van der Waals surface area contributed by atoms with E-state index in [-0.39, 0.29) is 42.5 Å². The molecule has 0 aromatic carbocycles. The van der Waals surface area contributed by atoms with Gasteiger partial charge in [-0.05, 0) is 55.4 Å². The van der Waals surface area contributed by atoms with Crippen molar-refractivity contribution in [1.29, 1.82) is 0 Å². The third-order valence-corrected chi connectivity index (χ3v) is 5.77. The monoisotopic (exact) mass is 322 g/mol. The molecular weight excluding hydrogens is 290 g/mol. The Morgan fingerprint density at radius 2 is 1.13 bits per heavy atom. The van der Waals surface area contributed by atoms with Crippen molar-refractivity contribution in [2.24, 2.45) is 0 Å². The Bertz CT molecular complexity index is 439. The average molecular weight is 322 g/mol. The summed E-state index contributed by atoms with van der Waals surface area (Å²) in [6.07, 6.45) is 4.97. The summed E-state index contributed by atoms with van der Waals surface area (Å²) in [5, 5.41) is 0. The van der Waals surface area contributed by atoms with Crippen molar-refractivity contribution in [1.82, 2.24) is 0 Å². The zero-order chi connectivity index (χ0) is 17.7. The summed E-state index contributed by atoms with van der Waals surface area (Å²) in [5.41, 5.74) is -1.12. The fourth-order valence-electron chi connectivity index (χ4n) is 2.66. The average Bonchev–Trinajstić information content (AvgIpc) is 2.68. The van der Waals surface area contributed by atoms with Gasteiger partial charge in [0.2, 0.25) is 0 Å². The van der Waals surface area contributed by atoms with Gasteiger partial charge in [-0.3, -0.25) is 0 Å². The maximum atomic E-state index is 6.08. The molecule has 0 N–H and O–H groups in total. The maximum Gasteiger partial charge on any atom is 0.464 e. The third kappa shape index (κ3) is 3.71. The molecule has 0 aliphatic carbocycles. The van der Waals surface area contributed by atoms with E-state index in [4.69, 9.17) is 18.6 Å². The Balaban J connectivity index is 1.88. The van der Waals surface area contributed by atoms with Crippen LogP contribution >= 0.6 is 0 Å². The second kappa shape index (κ2) is 5.90. The van der Waals surface area contributed by atoms with Gasteiger partial charge >= 0.3 is 14.2 Å². The summed E-state index contributed by atoms with van der Waals surface area (Å²) in [5.74, 6) is 0.179. The van der Waals surface area contributed by atoms with E-state index in [2.05, 4.69) is 74.5 Å². The SMILES string of the molecule is CC(/C=C\CB1OC(C)(C)C(C)(C)O1)B1OC(C)(C)C(C)(C)O1. The highest BCUT2D eigenvalue weighted by molar-refractivity contribution is 6.48. The van der Waals surface area contributed by atoms with Crippen LogP contribution in [-0.4, -0.2) is 36.6 Å². The van der Waals surface area contributed by atoms with Crippen LogP contribution in [0.2, 0.25) is 12.1 Å². The first-order valence-corrected chi connectivity index (χ1v) is 8.65. The van der Waals surface area contributed by atoms with Crippen LogP contribution in [0.3, 0.4) is 0 Å². The lowest BCUT2D eigenvalue weighted by Crippen LogP contribution is -2.41. The lowest BCUT2D eigenvalue weighted by Gasteiger charge is -2.32. The van der Waals surface area contributed by atoms with E-state index in [0.29, 0.717) is 0 Å². The molecule has 2 heterocycles.